The first-order valence-electron chi connectivity index (χ1n) is 13.1. The Morgan fingerprint density at radius 2 is 1.85 bits per heavy atom. The molecule has 1 saturated heterocycles. The number of nitrogens with zero attached hydrogens (tertiary/aromatic N) is 6. The van der Waals surface area contributed by atoms with Crippen LogP contribution in [-0.4, -0.2) is 79.1 Å². The average Bonchev–Trinajstić information content (AvgIpc) is 2.97. The van der Waals surface area contributed by atoms with Crippen LogP contribution < -0.4 is 25.2 Å². The fourth-order valence-corrected chi connectivity index (χ4v) is 4.91. The van der Waals surface area contributed by atoms with Crippen LogP contribution in [0.3, 0.4) is 0 Å². The first-order chi connectivity index (χ1) is 19.4. The second kappa shape index (κ2) is 11.6. The van der Waals surface area contributed by atoms with Gasteiger partial charge in [0.05, 0.1) is 19.3 Å². The molecule has 208 valence electrons. The molecular formula is C29H34N8O3. The summed E-state index contributed by atoms with van der Waals surface area (Å²) in [5, 5.41) is 6.06. The van der Waals surface area contributed by atoms with Gasteiger partial charge in [0.25, 0.3) is 0 Å². The number of carbonyl (C=O) groups is 2. The largest absolute Gasteiger partial charge is 0.495 e. The molecule has 0 radical (unpaired) electrons. The first-order valence-corrected chi connectivity index (χ1v) is 13.1. The molecule has 1 fully saturated rings. The number of piperazine rings is 1. The molecule has 0 aliphatic carbocycles. The number of amides is 3. The number of para-hydroxylation sites is 1. The molecule has 11 heteroatoms. The maximum Gasteiger partial charge on any atom is 0.326 e. The molecule has 40 heavy (non-hydrogen) atoms. The highest BCUT2D eigenvalue weighted by molar-refractivity contribution is 6.00. The van der Waals surface area contributed by atoms with Gasteiger partial charge < -0.3 is 30.1 Å². The van der Waals surface area contributed by atoms with Gasteiger partial charge in [0.1, 0.15) is 11.6 Å². The van der Waals surface area contributed by atoms with Crippen molar-refractivity contribution >= 4 is 40.8 Å². The summed E-state index contributed by atoms with van der Waals surface area (Å²) in [5.41, 5.74) is 4.12. The van der Waals surface area contributed by atoms with Crippen LogP contribution in [0.4, 0.5) is 33.6 Å². The van der Waals surface area contributed by atoms with E-state index in [4.69, 9.17) is 4.74 Å². The Hall–Kier alpha value is -4.64. The number of rotatable bonds is 8. The second-order valence-electron chi connectivity index (χ2n) is 9.89. The van der Waals surface area contributed by atoms with E-state index in [1.165, 1.54) is 23.8 Å². The summed E-state index contributed by atoms with van der Waals surface area (Å²) in [7, 11) is 5.37. The summed E-state index contributed by atoms with van der Waals surface area (Å²) < 4.78 is 5.43. The van der Waals surface area contributed by atoms with Gasteiger partial charge in [0, 0.05) is 62.9 Å². The third-order valence-electron chi connectivity index (χ3n) is 7.20. The van der Waals surface area contributed by atoms with Crippen molar-refractivity contribution in [1.29, 1.82) is 0 Å². The molecule has 0 spiro atoms. The molecule has 11 nitrogen and oxygen atoms in total. The molecule has 3 aromatic rings. The second-order valence-corrected chi connectivity index (χ2v) is 9.89. The van der Waals surface area contributed by atoms with Crippen LogP contribution in [0, 0.1) is 0 Å². The molecule has 0 bridgehead atoms. The molecule has 0 atom stereocenters. The van der Waals surface area contributed by atoms with Gasteiger partial charge in [-0.25, -0.2) is 9.78 Å². The van der Waals surface area contributed by atoms with Gasteiger partial charge in [-0.1, -0.05) is 18.7 Å². The van der Waals surface area contributed by atoms with Crippen molar-refractivity contribution in [2.24, 2.45) is 0 Å². The van der Waals surface area contributed by atoms with E-state index >= 15 is 0 Å². The molecule has 3 heterocycles. The maximum atomic E-state index is 13.3. The van der Waals surface area contributed by atoms with Crippen LogP contribution in [0.1, 0.15) is 11.1 Å². The van der Waals surface area contributed by atoms with E-state index in [0.29, 0.717) is 29.7 Å². The number of fused-ring (bicyclic) bond motifs is 1. The number of hydrogen-bond acceptors (Lipinski definition) is 8. The van der Waals surface area contributed by atoms with Crippen molar-refractivity contribution in [2.75, 3.05) is 67.8 Å². The Balaban J connectivity index is 1.30. The Kier molecular flexibility index (Phi) is 7.83. The third-order valence-corrected chi connectivity index (χ3v) is 7.20. The normalized spacial score (nSPS) is 15.5. The summed E-state index contributed by atoms with van der Waals surface area (Å²) in [5.74, 6) is 1.11. The Bertz CT molecular complexity index is 1400. The van der Waals surface area contributed by atoms with Crippen LogP contribution in [-0.2, 0) is 17.9 Å². The lowest BCUT2D eigenvalue weighted by molar-refractivity contribution is -0.111. The quantitative estimate of drug-likeness (QED) is 0.416. The zero-order chi connectivity index (χ0) is 28.2. The lowest BCUT2D eigenvalue weighted by Gasteiger charge is -2.34. The minimum absolute atomic E-state index is 0.211. The SMILES string of the molecule is C=CC(=O)Nc1c(CN2Cc3cnc(Nc4ccc(N5CCN(C)CC5)cc4)nc3N(C)C2=O)cccc1OC. The van der Waals surface area contributed by atoms with Gasteiger partial charge >= 0.3 is 6.03 Å². The summed E-state index contributed by atoms with van der Waals surface area (Å²) in [6.07, 6.45) is 2.93. The average molecular weight is 543 g/mol. The highest BCUT2D eigenvalue weighted by Crippen LogP contribution is 2.33. The van der Waals surface area contributed by atoms with Crippen molar-refractivity contribution in [3.8, 4) is 5.75 Å². The Morgan fingerprint density at radius 1 is 1.10 bits per heavy atom. The van der Waals surface area contributed by atoms with E-state index in [1.807, 2.05) is 24.3 Å². The van der Waals surface area contributed by atoms with E-state index in [2.05, 4.69) is 56.2 Å². The summed E-state index contributed by atoms with van der Waals surface area (Å²) in [4.78, 5) is 42.5. The maximum absolute atomic E-state index is 13.3. The molecule has 2 aliphatic rings. The lowest BCUT2D eigenvalue weighted by atomic mass is 10.1. The highest BCUT2D eigenvalue weighted by atomic mass is 16.5. The van der Waals surface area contributed by atoms with E-state index in [1.54, 1.807) is 24.2 Å². The number of likely N-dealkylation sites (N-methyl/N-ethyl adjacent to an activating group) is 1. The topological polar surface area (TPSA) is 106 Å². The van der Waals surface area contributed by atoms with Crippen LogP contribution in [0.2, 0.25) is 0 Å². The number of ether oxygens (including phenoxy) is 1. The standard InChI is InChI=1S/C29H34N8O3/c1-5-25(38)32-26-20(7-6-8-24(26)40-4)18-37-19-21-17-30-28(33-27(21)35(3)29(37)39)31-22-9-11-23(12-10-22)36-15-13-34(2)14-16-36/h5-12,17H,1,13-16,18-19H2,2-4H3,(H,32,38)(H,30,31,33). The highest BCUT2D eigenvalue weighted by Gasteiger charge is 2.30. The van der Waals surface area contributed by atoms with E-state index in [0.717, 1.165) is 43.0 Å². The first kappa shape index (κ1) is 26.9. The van der Waals surface area contributed by atoms with Gasteiger partial charge in [0.2, 0.25) is 11.9 Å². The predicted molar refractivity (Wildman–Crippen MR) is 156 cm³/mol. The Morgan fingerprint density at radius 3 is 2.55 bits per heavy atom. The zero-order valence-corrected chi connectivity index (χ0v) is 23.1. The van der Waals surface area contributed by atoms with Crippen molar-refractivity contribution < 1.29 is 14.3 Å². The monoisotopic (exact) mass is 542 g/mol. The summed E-state index contributed by atoms with van der Waals surface area (Å²) in [6, 6.07) is 13.5. The van der Waals surface area contributed by atoms with Crippen molar-refractivity contribution in [3.05, 3.63) is 72.4 Å². The number of methoxy groups -OCH3 is 1. The molecule has 2 aromatic carbocycles. The van der Waals surface area contributed by atoms with Gasteiger partial charge in [0.15, 0.2) is 0 Å². The minimum Gasteiger partial charge on any atom is -0.495 e. The van der Waals surface area contributed by atoms with E-state index < -0.39 is 0 Å². The van der Waals surface area contributed by atoms with Crippen LogP contribution in [0.5, 0.6) is 5.75 Å². The number of aromatic nitrogens is 2. The number of carbonyl (C=O) groups excluding carboxylic acids is 2. The van der Waals surface area contributed by atoms with Gasteiger partial charge in [-0.3, -0.25) is 9.69 Å². The molecule has 2 aliphatic heterocycles. The number of anilines is 5. The Labute approximate surface area is 234 Å². The number of urea groups is 1. The molecule has 1 aromatic heterocycles. The van der Waals surface area contributed by atoms with Crippen molar-refractivity contribution in [2.45, 2.75) is 13.1 Å². The molecule has 0 saturated carbocycles. The van der Waals surface area contributed by atoms with Crippen LogP contribution >= 0.6 is 0 Å². The smallest absolute Gasteiger partial charge is 0.326 e. The van der Waals surface area contributed by atoms with Gasteiger partial charge in [-0.15, -0.1) is 0 Å². The summed E-state index contributed by atoms with van der Waals surface area (Å²) >= 11 is 0. The predicted octanol–water partition coefficient (Wildman–Crippen LogP) is 3.68. The van der Waals surface area contributed by atoms with Crippen LogP contribution in [0.25, 0.3) is 0 Å². The van der Waals surface area contributed by atoms with Crippen molar-refractivity contribution in [1.82, 2.24) is 19.8 Å². The van der Waals surface area contributed by atoms with E-state index in [-0.39, 0.29) is 18.5 Å². The van der Waals surface area contributed by atoms with E-state index in [9.17, 15) is 9.59 Å². The zero-order valence-electron chi connectivity index (χ0n) is 23.1. The molecular weight excluding hydrogens is 508 g/mol. The van der Waals surface area contributed by atoms with Gasteiger partial charge in [-0.05, 0) is 49.0 Å². The number of nitrogens with one attached hydrogen (secondary N) is 2. The molecule has 5 rings (SSSR count). The molecule has 3 amide bonds. The third kappa shape index (κ3) is 5.69. The van der Waals surface area contributed by atoms with Crippen LogP contribution in [0.15, 0.2) is 61.3 Å². The van der Waals surface area contributed by atoms with Gasteiger partial charge in [-0.2, -0.15) is 4.98 Å². The molecule has 2 N–H and O–H groups in total. The fourth-order valence-electron chi connectivity index (χ4n) is 4.91. The number of benzene rings is 2. The number of hydrogen-bond donors (Lipinski definition) is 2. The lowest BCUT2D eigenvalue weighted by Crippen LogP contribution is -2.45. The minimum atomic E-state index is -0.361. The molecule has 0 unspecified atom stereocenters. The van der Waals surface area contributed by atoms with Crippen molar-refractivity contribution in [3.63, 3.8) is 0 Å². The fraction of sp³-hybridized carbons (Fsp3) is 0.310. The summed E-state index contributed by atoms with van der Waals surface area (Å²) in [6.45, 7) is 8.23.